The molecule has 1 heterocycles. The Bertz CT molecular complexity index is 732. The van der Waals surface area contributed by atoms with Gasteiger partial charge in [-0.3, -0.25) is 0 Å². The second-order valence-corrected chi connectivity index (χ2v) is 5.87. The highest BCUT2D eigenvalue weighted by Gasteiger charge is 2.35. The van der Waals surface area contributed by atoms with Crippen molar-refractivity contribution in [3.8, 4) is 11.5 Å². The van der Waals surface area contributed by atoms with Gasteiger partial charge in [-0.15, -0.1) is 0 Å². The maximum absolute atomic E-state index is 12.6. The van der Waals surface area contributed by atoms with Crippen molar-refractivity contribution in [3.05, 3.63) is 47.3 Å². The highest BCUT2D eigenvalue weighted by atomic mass is 16.5. The Morgan fingerprint density at radius 1 is 1.00 bits per heavy atom. The van der Waals surface area contributed by atoms with Crippen molar-refractivity contribution in [3.63, 3.8) is 0 Å². The van der Waals surface area contributed by atoms with Crippen LogP contribution in [0.15, 0.2) is 41.7 Å². The number of phenolic OH excluding ortho intramolecular Hbond substituents is 1. The van der Waals surface area contributed by atoms with E-state index in [1.165, 1.54) is 6.07 Å². The zero-order valence-electron chi connectivity index (χ0n) is 16.0. The lowest BCUT2D eigenvalue weighted by Crippen LogP contribution is -2.28. The Morgan fingerprint density at radius 3 is 2.04 bits per heavy atom. The zero-order chi connectivity index (χ0) is 20.0. The van der Waals surface area contributed by atoms with Crippen molar-refractivity contribution >= 4 is 11.9 Å². The van der Waals surface area contributed by atoms with Gasteiger partial charge in [0.2, 0.25) is 0 Å². The van der Waals surface area contributed by atoms with Crippen LogP contribution in [0.2, 0.25) is 0 Å². The van der Waals surface area contributed by atoms with Crippen LogP contribution in [0.5, 0.6) is 11.5 Å². The number of esters is 2. The van der Waals surface area contributed by atoms with E-state index >= 15 is 0 Å². The van der Waals surface area contributed by atoms with Gasteiger partial charge in [-0.25, -0.2) is 9.59 Å². The molecule has 1 aromatic carbocycles. The Morgan fingerprint density at radius 2 is 1.56 bits per heavy atom. The van der Waals surface area contributed by atoms with E-state index in [1.807, 2.05) is 0 Å². The summed E-state index contributed by atoms with van der Waals surface area (Å²) in [7, 11) is 1.72. The van der Waals surface area contributed by atoms with Crippen LogP contribution in [0.3, 0.4) is 0 Å². The third-order valence-electron chi connectivity index (χ3n) is 3.95. The molecule has 1 aliphatic rings. The number of hydrogen-bond donors (Lipinski definition) is 1. The zero-order valence-corrected chi connectivity index (χ0v) is 16.0. The second kappa shape index (κ2) is 9.12. The van der Waals surface area contributed by atoms with E-state index in [9.17, 15) is 14.7 Å². The van der Waals surface area contributed by atoms with Crippen LogP contribution in [0.25, 0.3) is 0 Å². The maximum atomic E-state index is 12.6. The number of carbonyl (C=O) groups is 2. The van der Waals surface area contributed by atoms with Crippen LogP contribution in [0.4, 0.5) is 0 Å². The number of carbonyl (C=O) groups excluding carboxylic acids is 2. The predicted octanol–water partition coefficient (Wildman–Crippen LogP) is 2.71. The molecule has 0 bridgehead atoms. The van der Waals surface area contributed by atoms with Crippen LogP contribution < -0.4 is 4.74 Å². The summed E-state index contributed by atoms with van der Waals surface area (Å²) in [4.78, 5) is 26.7. The fourth-order valence-corrected chi connectivity index (χ4v) is 2.90. The summed E-state index contributed by atoms with van der Waals surface area (Å²) in [6, 6.07) is 4.74. The molecule has 0 aromatic heterocycles. The molecule has 0 spiro atoms. The van der Waals surface area contributed by atoms with Gasteiger partial charge in [-0.2, -0.15) is 0 Å². The molecule has 0 saturated heterocycles. The van der Waals surface area contributed by atoms with Gasteiger partial charge in [0.05, 0.1) is 36.9 Å². The largest absolute Gasteiger partial charge is 0.504 e. The number of nitrogens with zero attached hydrogens (tertiary/aromatic N) is 1. The summed E-state index contributed by atoms with van der Waals surface area (Å²) >= 11 is 0. The first-order chi connectivity index (χ1) is 12.9. The number of hydrogen-bond acceptors (Lipinski definition) is 7. The molecule has 0 aliphatic carbocycles. The molecule has 7 nitrogen and oxygen atoms in total. The fourth-order valence-electron chi connectivity index (χ4n) is 2.90. The minimum Gasteiger partial charge on any atom is -0.504 e. The lowest BCUT2D eigenvalue weighted by atomic mass is 9.83. The van der Waals surface area contributed by atoms with Crippen molar-refractivity contribution in [2.75, 3.05) is 26.9 Å². The smallest absolute Gasteiger partial charge is 0.336 e. The van der Waals surface area contributed by atoms with E-state index in [0.717, 1.165) is 0 Å². The molecule has 0 saturated carbocycles. The third-order valence-corrected chi connectivity index (χ3v) is 3.95. The molecule has 0 atom stereocenters. The second-order valence-electron chi connectivity index (χ2n) is 5.87. The lowest BCUT2D eigenvalue weighted by Gasteiger charge is -2.28. The molecule has 27 heavy (non-hydrogen) atoms. The summed E-state index contributed by atoms with van der Waals surface area (Å²) in [5.74, 6) is -1.47. The van der Waals surface area contributed by atoms with Crippen LogP contribution in [0, 0.1) is 0 Å². The van der Waals surface area contributed by atoms with E-state index in [4.69, 9.17) is 14.2 Å². The molecule has 0 amide bonds. The molecular formula is C20H25NO6. The van der Waals surface area contributed by atoms with Gasteiger partial charge in [0.1, 0.15) is 0 Å². The van der Waals surface area contributed by atoms with Gasteiger partial charge >= 0.3 is 11.9 Å². The summed E-state index contributed by atoms with van der Waals surface area (Å²) in [6.07, 6.45) is 3.25. The molecule has 146 valence electrons. The fraction of sp³-hybridized carbons (Fsp3) is 0.400. The molecule has 0 radical (unpaired) electrons. The van der Waals surface area contributed by atoms with Gasteiger partial charge in [-0.1, -0.05) is 6.07 Å². The lowest BCUT2D eigenvalue weighted by molar-refractivity contribution is -0.139. The van der Waals surface area contributed by atoms with Gasteiger partial charge < -0.3 is 24.2 Å². The van der Waals surface area contributed by atoms with Crippen molar-refractivity contribution in [2.45, 2.75) is 26.7 Å². The normalized spacial score (nSPS) is 14.3. The Balaban J connectivity index is 2.57. The number of aromatic hydroxyl groups is 1. The van der Waals surface area contributed by atoms with Crippen molar-refractivity contribution in [1.29, 1.82) is 0 Å². The van der Waals surface area contributed by atoms with E-state index in [-0.39, 0.29) is 24.7 Å². The molecule has 0 unspecified atom stereocenters. The minimum atomic E-state index is -0.695. The summed E-state index contributed by atoms with van der Waals surface area (Å²) < 4.78 is 15.8. The average molecular weight is 375 g/mol. The monoisotopic (exact) mass is 375 g/mol. The predicted molar refractivity (Wildman–Crippen MR) is 99.2 cm³/mol. The molecular weight excluding hydrogens is 350 g/mol. The van der Waals surface area contributed by atoms with Gasteiger partial charge in [0.15, 0.2) is 11.5 Å². The standard InChI is InChI=1S/C20H25NO6/c1-5-25-17-10-13(8-9-16(17)22)18-14(19(23)26-6-2)11-21(4)12-15(18)20(24)27-7-3/h8-12,18,22H,5-7H2,1-4H3. The third kappa shape index (κ3) is 4.61. The summed E-state index contributed by atoms with van der Waals surface area (Å²) in [5, 5.41) is 9.98. The Kier molecular flexibility index (Phi) is 6.87. The number of phenols is 1. The highest BCUT2D eigenvalue weighted by Crippen LogP contribution is 2.40. The first-order valence-corrected chi connectivity index (χ1v) is 8.88. The van der Waals surface area contributed by atoms with Crippen LogP contribution >= 0.6 is 0 Å². The van der Waals surface area contributed by atoms with Crippen molar-refractivity contribution in [2.24, 2.45) is 0 Å². The van der Waals surface area contributed by atoms with Crippen LogP contribution in [0.1, 0.15) is 32.3 Å². The van der Waals surface area contributed by atoms with Gasteiger partial charge in [-0.05, 0) is 38.5 Å². The van der Waals surface area contributed by atoms with Gasteiger partial charge in [0, 0.05) is 19.4 Å². The van der Waals surface area contributed by atoms with Crippen LogP contribution in [-0.2, 0) is 19.1 Å². The molecule has 1 N–H and O–H groups in total. The molecule has 7 heteroatoms. The topological polar surface area (TPSA) is 85.3 Å². The molecule has 1 aliphatic heterocycles. The Labute approximate surface area is 158 Å². The van der Waals surface area contributed by atoms with Crippen molar-refractivity contribution < 1.29 is 28.9 Å². The minimum absolute atomic E-state index is 0.0168. The number of benzene rings is 1. The van der Waals surface area contributed by atoms with E-state index in [0.29, 0.717) is 23.3 Å². The highest BCUT2D eigenvalue weighted by molar-refractivity contribution is 5.98. The van der Waals surface area contributed by atoms with E-state index in [2.05, 4.69) is 0 Å². The first-order valence-electron chi connectivity index (χ1n) is 8.88. The summed E-state index contributed by atoms with van der Waals surface area (Å²) in [6.45, 7) is 6.03. The van der Waals surface area contributed by atoms with E-state index < -0.39 is 17.9 Å². The number of rotatable bonds is 7. The van der Waals surface area contributed by atoms with Crippen LogP contribution in [-0.4, -0.2) is 48.8 Å². The average Bonchev–Trinajstić information content (AvgIpc) is 2.63. The maximum Gasteiger partial charge on any atom is 0.336 e. The van der Waals surface area contributed by atoms with E-state index in [1.54, 1.807) is 57.3 Å². The molecule has 1 aromatic rings. The molecule has 2 rings (SSSR count). The number of ether oxygens (including phenoxy) is 3. The summed E-state index contributed by atoms with van der Waals surface area (Å²) in [5.41, 5.74) is 1.22. The SMILES string of the molecule is CCOC(=O)C1=CN(C)C=C(C(=O)OCC)C1c1ccc(O)c(OCC)c1. The first kappa shape index (κ1) is 20.4. The molecule has 0 fully saturated rings. The van der Waals surface area contributed by atoms with Gasteiger partial charge in [0.25, 0.3) is 0 Å². The van der Waals surface area contributed by atoms with Crippen molar-refractivity contribution in [1.82, 2.24) is 4.90 Å². The Hall–Kier alpha value is -2.96. The quantitative estimate of drug-likeness (QED) is 0.734.